The number of hydrogen-bond donors (Lipinski definition) is 1. The first-order valence-electron chi connectivity index (χ1n) is 8.07. The minimum Gasteiger partial charge on any atom is -0.446 e. The number of amides is 1. The van der Waals surface area contributed by atoms with Crippen molar-refractivity contribution in [3.63, 3.8) is 0 Å². The number of carbonyl (C=O) groups excluding carboxylic acids is 1. The molecule has 2 aromatic rings. The first kappa shape index (κ1) is 15.2. The lowest BCUT2D eigenvalue weighted by molar-refractivity contribution is 0.0720. The fourth-order valence-corrected chi connectivity index (χ4v) is 4.91. The second kappa shape index (κ2) is 6.63. The van der Waals surface area contributed by atoms with Gasteiger partial charge in [-0.15, -0.1) is 11.3 Å². The van der Waals surface area contributed by atoms with Gasteiger partial charge in [0.05, 0.1) is 6.54 Å². The molecule has 1 N–H and O–H groups in total. The van der Waals surface area contributed by atoms with E-state index < -0.39 is 0 Å². The van der Waals surface area contributed by atoms with Crippen molar-refractivity contribution in [2.75, 3.05) is 4.90 Å². The third kappa shape index (κ3) is 3.44. The number of piperidine rings is 1. The molecule has 0 unspecified atom stereocenters. The van der Waals surface area contributed by atoms with E-state index in [2.05, 4.69) is 16.8 Å². The zero-order chi connectivity index (χ0) is 15.6. The Labute approximate surface area is 144 Å². The molecular weight excluding hydrogens is 328 g/mol. The molecule has 2 aromatic heterocycles. The third-order valence-corrected chi connectivity index (χ3v) is 6.23. The Morgan fingerprint density at radius 1 is 1.26 bits per heavy atom. The summed E-state index contributed by atoms with van der Waals surface area (Å²) in [6, 6.07) is 7.06. The molecule has 2 bridgehead atoms. The monoisotopic (exact) mass is 348 g/mol. The van der Waals surface area contributed by atoms with E-state index in [4.69, 9.17) is 4.74 Å². The third-order valence-electron chi connectivity index (χ3n) is 4.61. The SMILES string of the molecule is O=C(O[C@H]1C[C@H]2CC[C@@H](C1)N2)N(Cc1ccsc1)c1cccs1. The van der Waals surface area contributed by atoms with E-state index in [-0.39, 0.29) is 12.2 Å². The highest BCUT2D eigenvalue weighted by Crippen LogP contribution is 2.30. The molecule has 4 heterocycles. The second-order valence-corrected chi connectivity index (χ2v) is 7.99. The summed E-state index contributed by atoms with van der Waals surface area (Å²) < 4.78 is 5.86. The second-order valence-electron chi connectivity index (χ2n) is 6.28. The van der Waals surface area contributed by atoms with Gasteiger partial charge in [0.1, 0.15) is 11.1 Å². The molecule has 2 fully saturated rings. The van der Waals surface area contributed by atoms with Gasteiger partial charge >= 0.3 is 6.09 Å². The van der Waals surface area contributed by atoms with Gasteiger partial charge in [-0.25, -0.2) is 4.79 Å². The molecule has 4 nitrogen and oxygen atoms in total. The highest BCUT2D eigenvalue weighted by atomic mass is 32.1. The standard InChI is InChI=1S/C17H20N2O2S2/c20-17(21-15-8-13-3-4-14(9-15)18-13)19(16-2-1-6-23-16)10-12-5-7-22-11-12/h1-2,5-7,11,13-15,18H,3-4,8-10H2/t13-,14+,15+. The predicted octanol–water partition coefficient (Wildman–Crippen LogP) is 4.24. The maximum Gasteiger partial charge on any atom is 0.415 e. The average Bonchev–Trinajstić information content (AvgIpc) is 3.27. The van der Waals surface area contributed by atoms with Gasteiger partial charge in [-0.05, 0) is 65.6 Å². The highest BCUT2D eigenvalue weighted by molar-refractivity contribution is 7.14. The van der Waals surface area contributed by atoms with Gasteiger partial charge in [0.2, 0.25) is 0 Å². The van der Waals surface area contributed by atoms with Crippen LogP contribution in [-0.4, -0.2) is 24.3 Å². The van der Waals surface area contributed by atoms with Crippen molar-refractivity contribution >= 4 is 33.8 Å². The number of nitrogens with zero attached hydrogens (tertiary/aromatic N) is 1. The summed E-state index contributed by atoms with van der Waals surface area (Å²) in [4.78, 5) is 14.5. The van der Waals surface area contributed by atoms with Crippen molar-refractivity contribution in [3.8, 4) is 0 Å². The number of hydrogen-bond acceptors (Lipinski definition) is 5. The molecule has 0 aromatic carbocycles. The summed E-state index contributed by atoms with van der Waals surface area (Å²) in [5, 5.41) is 10.6. The summed E-state index contributed by atoms with van der Waals surface area (Å²) in [7, 11) is 0. The van der Waals surface area contributed by atoms with Crippen LogP contribution in [0.4, 0.5) is 9.80 Å². The van der Waals surface area contributed by atoms with Crippen LogP contribution in [0.1, 0.15) is 31.2 Å². The molecule has 4 rings (SSSR count). The molecule has 0 spiro atoms. The van der Waals surface area contributed by atoms with Crippen molar-refractivity contribution in [3.05, 3.63) is 39.9 Å². The van der Waals surface area contributed by atoms with E-state index in [9.17, 15) is 4.79 Å². The van der Waals surface area contributed by atoms with E-state index in [1.54, 1.807) is 27.6 Å². The van der Waals surface area contributed by atoms with Crippen LogP contribution in [0.25, 0.3) is 0 Å². The highest BCUT2D eigenvalue weighted by Gasteiger charge is 2.36. The van der Waals surface area contributed by atoms with Crippen LogP contribution in [0.2, 0.25) is 0 Å². The van der Waals surface area contributed by atoms with Gasteiger partial charge in [0.25, 0.3) is 0 Å². The summed E-state index contributed by atoms with van der Waals surface area (Å²) in [6.45, 7) is 0.570. The lowest BCUT2D eigenvalue weighted by Gasteiger charge is -2.30. The van der Waals surface area contributed by atoms with E-state index in [0.29, 0.717) is 18.6 Å². The maximum atomic E-state index is 12.8. The molecule has 2 aliphatic heterocycles. The summed E-state index contributed by atoms with van der Waals surface area (Å²) >= 11 is 3.22. The van der Waals surface area contributed by atoms with Gasteiger partial charge in [-0.3, -0.25) is 4.90 Å². The topological polar surface area (TPSA) is 41.6 Å². The molecule has 2 aliphatic rings. The van der Waals surface area contributed by atoms with E-state index in [1.165, 1.54) is 12.8 Å². The van der Waals surface area contributed by atoms with E-state index >= 15 is 0 Å². The lowest BCUT2D eigenvalue weighted by Crippen LogP contribution is -2.44. The van der Waals surface area contributed by atoms with Crippen LogP contribution < -0.4 is 10.2 Å². The summed E-state index contributed by atoms with van der Waals surface area (Å²) in [5.74, 6) is 0. The Morgan fingerprint density at radius 2 is 2.09 bits per heavy atom. The Bertz CT molecular complexity index is 630. The number of anilines is 1. The van der Waals surface area contributed by atoms with Crippen molar-refractivity contribution in [2.24, 2.45) is 0 Å². The van der Waals surface area contributed by atoms with Crippen molar-refractivity contribution < 1.29 is 9.53 Å². The molecular formula is C17H20N2O2S2. The number of rotatable bonds is 4. The Morgan fingerprint density at radius 3 is 2.74 bits per heavy atom. The number of thiophene rings is 2. The van der Waals surface area contributed by atoms with E-state index in [0.717, 1.165) is 23.4 Å². The number of nitrogens with one attached hydrogen (secondary N) is 1. The number of fused-ring (bicyclic) bond motifs is 2. The Kier molecular flexibility index (Phi) is 4.37. The first-order chi connectivity index (χ1) is 11.3. The van der Waals surface area contributed by atoms with Gasteiger partial charge in [-0.1, -0.05) is 0 Å². The van der Waals surface area contributed by atoms with Crippen LogP contribution in [0, 0.1) is 0 Å². The fraction of sp³-hybridized carbons (Fsp3) is 0.471. The minimum absolute atomic E-state index is 0.0474. The number of carbonyl (C=O) groups is 1. The van der Waals surface area contributed by atoms with Gasteiger partial charge in [-0.2, -0.15) is 11.3 Å². The molecule has 0 aliphatic carbocycles. The molecule has 122 valence electrons. The summed E-state index contributed by atoms with van der Waals surface area (Å²) in [5.41, 5.74) is 1.14. The first-order valence-corrected chi connectivity index (χ1v) is 9.89. The average molecular weight is 348 g/mol. The quantitative estimate of drug-likeness (QED) is 0.899. The smallest absolute Gasteiger partial charge is 0.415 e. The van der Waals surface area contributed by atoms with Crippen LogP contribution in [0.5, 0.6) is 0 Å². The van der Waals surface area contributed by atoms with Crippen molar-refractivity contribution in [2.45, 2.75) is 50.4 Å². The van der Waals surface area contributed by atoms with E-state index in [1.807, 2.05) is 22.9 Å². The maximum absolute atomic E-state index is 12.8. The normalized spacial score (nSPS) is 26.2. The zero-order valence-corrected chi connectivity index (χ0v) is 14.4. The van der Waals surface area contributed by atoms with Crippen LogP contribution in [0.15, 0.2) is 34.3 Å². The molecule has 0 saturated carbocycles. The van der Waals surface area contributed by atoms with Crippen LogP contribution >= 0.6 is 22.7 Å². The van der Waals surface area contributed by atoms with Gasteiger partial charge in [0.15, 0.2) is 0 Å². The zero-order valence-electron chi connectivity index (χ0n) is 12.8. The fourth-order valence-electron chi connectivity index (χ4n) is 3.53. The predicted molar refractivity (Wildman–Crippen MR) is 94.3 cm³/mol. The summed E-state index contributed by atoms with van der Waals surface area (Å²) in [6.07, 6.45) is 4.14. The molecule has 6 heteroatoms. The van der Waals surface area contributed by atoms with Gasteiger partial charge in [0, 0.05) is 12.1 Å². The van der Waals surface area contributed by atoms with Crippen molar-refractivity contribution in [1.82, 2.24) is 5.32 Å². The molecule has 2 saturated heterocycles. The Hall–Kier alpha value is -1.37. The lowest BCUT2D eigenvalue weighted by atomic mass is 10.0. The minimum atomic E-state index is -0.218. The Balaban J connectivity index is 1.46. The molecule has 23 heavy (non-hydrogen) atoms. The number of ether oxygens (including phenoxy) is 1. The molecule has 3 atom stereocenters. The largest absolute Gasteiger partial charge is 0.446 e. The van der Waals surface area contributed by atoms with Crippen molar-refractivity contribution in [1.29, 1.82) is 0 Å². The van der Waals surface area contributed by atoms with Gasteiger partial charge < -0.3 is 10.1 Å². The molecule has 0 radical (unpaired) electrons. The molecule has 1 amide bonds. The van der Waals surface area contributed by atoms with Crippen LogP contribution in [0.3, 0.4) is 0 Å². The van der Waals surface area contributed by atoms with Crippen LogP contribution in [-0.2, 0) is 11.3 Å².